The minimum atomic E-state index is -0.746. The van der Waals surface area contributed by atoms with Crippen LogP contribution in [0.3, 0.4) is 0 Å². The number of rotatable bonds is 5. The number of hydrogen-bond donors (Lipinski definition) is 4. The van der Waals surface area contributed by atoms with E-state index in [1.165, 1.54) is 0 Å². The van der Waals surface area contributed by atoms with Crippen LogP contribution in [-0.4, -0.2) is 34.6 Å². The van der Waals surface area contributed by atoms with E-state index >= 15 is 0 Å². The molecule has 4 N–H and O–H groups in total. The van der Waals surface area contributed by atoms with E-state index in [0.29, 0.717) is 6.54 Å². The Morgan fingerprint density at radius 3 is 2.73 bits per heavy atom. The molecule has 1 aromatic rings. The predicted octanol–water partition coefficient (Wildman–Crippen LogP) is 0.396. The zero-order chi connectivity index (χ0) is 11.3. The lowest BCUT2D eigenvalue weighted by Crippen LogP contribution is -2.31. The van der Waals surface area contributed by atoms with Crippen molar-refractivity contribution in [2.45, 2.75) is 19.1 Å². The van der Waals surface area contributed by atoms with Crippen molar-refractivity contribution in [3.63, 3.8) is 0 Å². The van der Waals surface area contributed by atoms with E-state index in [9.17, 15) is 5.11 Å². The molecule has 0 amide bonds. The molecule has 2 atom stereocenters. The summed E-state index contributed by atoms with van der Waals surface area (Å²) in [5.74, 6) is 0.226. The van der Waals surface area contributed by atoms with Crippen LogP contribution < -0.4 is 5.32 Å². The number of hydrogen-bond acceptors (Lipinski definition) is 4. The largest absolute Gasteiger partial charge is 0.508 e. The molecule has 15 heavy (non-hydrogen) atoms. The van der Waals surface area contributed by atoms with Crippen molar-refractivity contribution in [1.29, 1.82) is 0 Å². The third-order valence-corrected chi connectivity index (χ3v) is 2.24. The van der Waals surface area contributed by atoms with Gasteiger partial charge in [0.25, 0.3) is 0 Å². The lowest BCUT2D eigenvalue weighted by atomic mass is 10.1. The summed E-state index contributed by atoms with van der Waals surface area (Å²) in [6.07, 6.45) is -0.746. The molecular weight excluding hydrogens is 194 g/mol. The normalized spacial score (nSPS) is 14.9. The van der Waals surface area contributed by atoms with Gasteiger partial charge in [-0.05, 0) is 24.6 Å². The van der Waals surface area contributed by atoms with Gasteiger partial charge in [-0.25, -0.2) is 0 Å². The second kappa shape index (κ2) is 5.70. The maximum Gasteiger partial charge on any atom is 0.115 e. The lowest BCUT2D eigenvalue weighted by molar-refractivity contribution is 0.0924. The van der Waals surface area contributed by atoms with Crippen LogP contribution in [0.2, 0.25) is 0 Å². The highest BCUT2D eigenvalue weighted by Gasteiger charge is 2.07. The molecule has 1 rings (SSSR count). The molecule has 0 bridgehead atoms. The van der Waals surface area contributed by atoms with E-state index in [1.807, 2.05) is 13.0 Å². The Balaban J connectivity index is 2.50. The molecule has 0 radical (unpaired) electrons. The molecular formula is C11H17NO3. The van der Waals surface area contributed by atoms with E-state index in [2.05, 4.69) is 5.32 Å². The Kier molecular flexibility index (Phi) is 4.55. The lowest BCUT2D eigenvalue weighted by Gasteiger charge is -2.16. The second-order valence-corrected chi connectivity index (χ2v) is 3.56. The van der Waals surface area contributed by atoms with Crippen LogP contribution in [0.25, 0.3) is 0 Å². The SMILES string of the molecule is CC(NCC(O)CO)c1cccc(O)c1. The fourth-order valence-corrected chi connectivity index (χ4v) is 1.29. The first-order valence-electron chi connectivity index (χ1n) is 4.94. The molecule has 1 aromatic carbocycles. The van der Waals surface area contributed by atoms with Crippen molar-refractivity contribution in [2.75, 3.05) is 13.2 Å². The molecule has 4 nitrogen and oxygen atoms in total. The fourth-order valence-electron chi connectivity index (χ4n) is 1.29. The number of phenols is 1. The summed E-state index contributed by atoms with van der Waals surface area (Å²) < 4.78 is 0. The summed E-state index contributed by atoms with van der Waals surface area (Å²) in [6, 6.07) is 6.97. The quantitative estimate of drug-likeness (QED) is 0.568. The Bertz CT molecular complexity index is 304. The third-order valence-electron chi connectivity index (χ3n) is 2.24. The third kappa shape index (κ3) is 3.87. The van der Waals surface area contributed by atoms with Crippen LogP contribution in [-0.2, 0) is 0 Å². The number of phenolic OH excluding ortho intramolecular Hbond substituents is 1. The zero-order valence-corrected chi connectivity index (χ0v) is 8.72. The molecule has 0 aliphatic carbocycles. The van der Waals surface area contributed by atoms with Gasteiger partial charge in [0.2, 0.25) is 0 Å². The van der Waals surface area contributed by atoms with Gasteiger partial charge in [0.15, 0.2) is 0 Å². The molecule has 0 aromatic heterocycles. The van der Waals surface area contributed by atoms with Gasteiger partial charge in [-0.1, -0.05) is 12.1 Å². The van der Waals surface area contributed by atoms with Gasteiger partial charge < -0.3 is 20.6 Å². The monoisotopic (exact) mass is 211 g/mol. The number of aromatic hydroxyl groups is 1. The molecule has 2 unspecified atom stereocenters. The van der Waals surface area contributed by atoms with E-state index in [0.717, 1.165) is 5.56 Å². The van der Waals surface area contributed by atoms with Crippen LogP contribution in [0.4, 0.5) is 0 Å². The first kappa shape index (κ1) is 12.0. The first-order valence-corrected chi connectivity index (χ1v) is 4.94. The average molecular weight is 211 g/mol. The van der Waals surface area contributed by atoms with E-state index in [-0.39, 0.29) is 18.4 Å². The van der Waals surface area contributed by atoms with Crippen molar-refractivity contribution in [1.82, 2.24) is 5.32 Å². The van der Waals surface area contributed by atoms with Crippen molar-refractivity contribution in [3.8, 4) is 5.75 Å². The van der Waals surface area contributed by atoms with E-state index in [4.69, 9.17) is 10.2 Å². The maximum atomic E-state index is 9.27. The highest BCUT2D eigenvalue weighted by molar-refractivity contribution is 5.28. The molecule has 0 saturated heterocycles. The standard InChI is InChI=1S/C11H17NO3/c1-8(12-6-11(15)7-13)9-3-2-4-10(14)5-9/h2-5,8,11-15H,6-7H2,1H3. The Morgan fingerprint density at radius 2 is 2.13 bits per heavy atom. The van der Waals surface area contributed by atoms with Gasteiger partial charge in [0.1, 0.15) is 5.75 Å². The smallest absolute Gasteiger partial charge is 0.115 e. The van der Waals surface area contributed by atoms with Crippen LogP contribution in [0, 0.1) is 0 Å². The molecule has 0 heterocycles. The van der Waals surface area contributed by atoms with Gasteiger partial charge >= 0.3 is 0 Å². The molecule has 84 valence electrons. The van der Waals surface area contributed by atoms with Crippen LogP contribution >= 0.6 is 0 Å². The molecule has 0 aliphatic rings. The summed E-state index contributed by atoms with van der Waals surface area (Å²) in [6.45, 7) is 2.01. The summed E-state index contributed by atoms with van der Waals surface area (Å²) in [5.41, 5.74) is 0.945. The highest BCUT2D eigenvalue weighted by Crippen LogP contribution is 2.17. The van der Waals surface area contributed by atoms with Crippen molar-refractivity contribution >= 4 is 0 Å². The predicted molar refractivity (Wildman–Crippen MR) is 57.6 cm³/mol. The maximum absolute atomic E-state index is 9.27. The Morgan fingerprint density at radius 1 is 1.40 bits per heavy atom. The van der Waals surface area contributed by atoms with Crippen LogP contribution in [0.1, 0.15) is 18.5 Å². The van der Waals surface area contributed by atoms with Crippen LogP contribution in [0.15, 0.2) is 24.3 Å². The average Bonchev–Trinajstić information content (AvgIpc) is 2.25. The summed E-state index contributed by atoms with van der Waals surface area (Å²) in [7, 11) is 0. The Labute approximate surface area is 89.2 Å². The van der Waals surface area contributed by atoms with Gasteiger partial charge in [0.05, 0.1) is 12.7 Å². The highest BCUT2D eigenvalue weighted by atomic mass is 16.3. The van der Waals surface area contributed by atoms with Gasteiger partial charge in [-0.3, -0.25) is 0 Å². The number of benzene rings is 1. The number of nitrogens with one attached hydrogen (secondary N) is 1. The summed E-state index contributed by atoms with van der Waals surface area (Å²) in [5, 5.41) is 30.1. The summed E-state index contributed by atoms with van der Waals surface area (Å²) in [4.78, 5) is 0. The fraction of sp³-hybridized carbons (Fsp3) is 0.455. The van der Waals surface area contributed by atoms with Gasteiger partial charge in [0, 0.05) is 12.6 Å². The molecule has 0 spiro atoms. The minimum absolute atomic E-state index is 0.0262. The van der Waals surface area contributed by atoms with Crippen molar-refractivity contribution < 1.29 is 15.3 Å². The van der Waals surface area contributed by atoms with Gasteiger partial charge in [-0.15, -0.1) is 0 Å². The molecule has 0 saturated carbocycles. The first-order chi connectivity index (χ1) is 7.13. The molecule has 0 fully saturated rings. The molecule has 0 aliphatic heterocycles. The van der Waals surface area contributed by atoms with Crippen LogP contribution in [0.5, 0.6) is 5.75 Å². The van der Waals surface area contributed by atoms with Crippen molar-refractivity contribution in [2.24, 2.45) is 0 Å². The minimum Gasteiger partial charge on any atom is -0.508 e. The number of aliphatic hydroxyl groups is 2. The van der Waals surface area contributed by atoms with E-state index < -0.39 is 6.10 Å². The number of aliphatic hydroxyl groups excluding tert-OH is 2. The van der Waals surface area contributed by atoms with E-state index in [1.54, 1.807) is 18.2 Å². The zero-order valence-electron chi connectivity index (χ0n) is 8.72. The van der Waals surface area contributed by atoms with Gasteiger partial charge in [-0.2, -0.15) is 0 Å². The summed E-state index contributed by atoms with van der Waals surface area (Å²) >= 11 is 0. The topological polar surface area (TPSA) is 72.7 Å². The second-order valence-electron chi connectivity index (χ2n) is 3.56. The molecule has 4 heteroatoms. The van der Waals surface area contributed by atoms with Crippen molar-refractivity contribution in [3.05, 3.63) is 29.8 Å². The Hall–Kier alpha value is -1.10.